The van der Waals surface area contributed by atoms with E-state index < -0.39 is 89.1 Å². The lowest BCUT2D eigenvalue weighted by atomic mass is 9.96. The Morgan fingerprint density at radius 2 is 1.83 bits per heavy atom. The Morgan fingerprint density at radius 1 is 1.14 bits per heavy atom. The van der Waals surface area contributed by atoms with E-state index >= 15 is 0 Å². The van der Waals surface area contributed by atoms with Crippen LogP contribution in [0, 0.1) is 0 Å². The van der Waals surface area contributed by atoms with Crippen LogP contribution in [0.5, 0.6) is 0 Å². The molecule has 0 spiro atoms. The maximum Gasteiger partial charge on any atom is 0.482 e. The lowest BCUT2D eigenvalue weighted by Gasteiger charge is -2.41. The average molecular weight is 664 g/mol. The zero-order valence-electron chi connectivity index (χ0n) is 21.9. The number of rotatable bonds is 11. The van der Waals surface area contributed by atoms with Gasteiger partial charge in [0.25, 0.3) is 0 Å². The van der Waals surface area contributed by atoms with Gasteiger partial charge in [-0.05, 0) is 14.1 Å². The van der Waals surface area contributed by atoms with Crippen molar-refractivity contribution in [1.29, 1.82) is 0 Å². The van der Waals surface area contributed by atoms with E-state index in [1.165, 1.54) is 12.6 Å². The topological polar surface area (TPSA) is 270 Å². The molecule has 8 N–H and O–H groups in total. The van der Waals surface area contributed by atoms with Crippen molar-refractivity contribution in [2.45, 2.75) is 61.2 Å². The van der Waals surface area contributed by atoms with Crippen LogP contribution in [0.4, 0.5) is 10.2 Å². The highest BCUT2D eigenvalue weighted by Crippen LogP contribution is 2.66. The molecule has 0 amide bonds. The molecule has 2 aromatic rings. The van der Waals surface area contributed by atoms with Crippen molar-refractivity contribution in [3.63, 3.8) is 0 Å². The smallest absolute Gasteiger partial charge is 0.458 e. The SMILES string of the molecule is CN(C)[C@H]1[C@@H](O)[C@H](c2coc3c(N)ncnc23)O[C@@H]1COP(=O)(S)OP(=O)(O)OC1OC([C@@H](F)CO)C(O)C(O)C1O. The molecule has 0 saturated carbocycles. The second-order valence-corrected chi connectivity index (χ2v) is 14.2. The number of alkyl halides is 1. The van der Waals surface area contributed by atoms with Crippen LogP contribution >= 0.6 is 26.9 Å². The highest BCUT2D eigenvalue weighted by Gasteiger charge is 2.51. The molecule has 4 rings (SSSR count). The molecule has 2 aliphatic heterocycles. The zero-order chi connectivity index (χ0) is 31.1. The number of thiol groups is 1. The summed E-state index contributed by atoms with van der Waals surface area (Å²) < 4.78 is 70.0. The van der Waals surface area contributed by atoms with Crippen LogP contribution in [0.25, 0.3) is 11.1 Å². The van der Waals surface area contributed by atoms with Crippen LogP contribution < -0.4 is 5.73 Å². The third-order valence-corrected chi connectivity index (χ3v) is 10.3. The summed E-state index contributed by atoms with van der Waals surface area (Å²) in [5.41, 5.74) is 6.61. The summed E-state index contributed by atoms with van der Waals surface area (Å²) in [5.74, 6) is 0.0665. The lowest BCUT2D eigenvalue weighted by Crippen LogP contribution is -2.60. The lowest BCUT2D eigenvalue weighted by molar-refractivity contribution is -0.287. The number of nitrogen functional groups attached to an aromatic ring is 1. The Balaban J connectivity index is 1.43. The monoisotopic (exact) mass is 664 g/mol. The van der Waals surface area contributed by atoms with E-state index in [1.807, 2.05) is 0 Å². The number of furan rings is 1. The first-order valence-corrected chi connectivity index (χ1v) is 16.4. The third-order valence-electron chi connectivity index (χ3n) is 6.66. The van der Waals surface area contributed by atoms with Gasteiger partial charge in [-0.1, -0.05) is 12.2 Å². The van der Waals surface area contributed by atoms with E-state index in [-0.39, 0.29) is 16.9 Å². The highest BCUT2D eigenvalue weighted by atomic mass is 32.7. The van der Waals surface area contributed by atoms with Gasteiger partial charge in [-0.25, -0.2) is 23.5 Å². The number of hydrogen-bond donors (Lipinski definition) is 8. The van der Waals surface area contributed by atoms with Gasteiger partial charge in [-0.15, -0.1) is 0 Å². The number of likely N-dealkylation sites (N-methyl/N-ethyl adjacent to an activating group) is 1. The number of nitrogens with zero attached hydrogens (tertiary/aromatic N) is 3. The molecule has 4 heterocycles. The van der Waals surface area contributed by atoms with Crippen LogP contribution in [-0.2, 0) is 32.0 Å². The average Bonchev–Trinajstić information content (AvgIpc) is 3.48. The number of fused-ring (bicyclic) bond motifs is 1. The largest absolute Gasteiger partial charge is 0.482 e. The summed E-state index contributed by atoms with van der Waals surface area (Å²) >= 11 is 3.67. The fourth-order valence-corrected chi connectivity index (χ4v) is 7.89. The van der Waals surface area contributed by atoms with Crippen LogP contribution in [0.15, 0.2) is 17.0 Å². The van der Waals surface area contributed by atoms with Gasteiger partial charge in [0.2, 0.25) is 0 Å². The molecule has 0 radical (unpaired) electrons. The minimum Gasteiger partial charge on any atom is -0.458 e. The fourth-order valence-electron chi connectivity index (χ4n) is 4.71. The van der Waals surface area contributed by atoms with Gasteiger partial charge >= 0.3 is 14.6 Å². The number of phosphoric acid groups is 1. The van der Waals surface area contributed by atoms with Crippen LogP contribution in [0.1, 0.15) is 11.7 Å². The second kappa shape index (κ2) is 13.0. The zero-order valence-corrected chi connectivity index (χ0v) is 24.6. The van der Waals surface area contributed by atoms with Crippen LogP contribution in [-0.4, -0.2) is 128 Å². The van der Waals surface area contributed by atoms with E-state index in [4.69, 9.17) is 29.3 Å². The van der Waals surface area contributed by atoms with E-state index in [1.54, 1.807) is 19.0 Å². The number of halogens is 1. The first-order chi connectivity index (χ1) is 19.6. The number of hydrogen-bond acceptors (Lipinski definition) is 17. The van der Waals surface area contributed by atoms with Gasteiger partial charge in [-0.3, -0.25) is 9.05 Å². The van der Waals surface area contributed by atoms with Crippen molar-refractivity contribution < 1.29 is 71.2 Å². The maximum atomic E-state index is 13.9. The molecular weight excluding hydrogens is 633 g/mol. The predicted molar refractivity (Wildman–Crippen MR) is 141 cm³/mol. The Hall–Kier alpha value is -1.32. The fraction of sp³-hybridized carbons (Fsp3) is 0.700. The summed E-state index contributed by atoms with van der Waals surface area (Å²) in [4.78, 5) is 19.7. The normalized spacial score (nSPS) is 35.7. The summed E-state index contributed by atoms with van der Waals surface area (Å²) in [7, 11) is -2.24. The molecule has 18 nitrogen and oxygen atoms in total. The molecule has 7 unspecified atom stereocenters. The Bertz CT molecular complexity index is 1340. The van der Waals surface area contributed by atoms with Gasteiger partial charge < -0.3 is 55.0 Å². The van der Waals surface area contributed by atoms with Gasteiger partial charge in [0.1, 0.15) is 54.6 Å². The number of aromatic nitrogens is 2. The van der Waals surface area contributed by atoms with E-state index in [9.17, 15) is 38.8 Å². The van der Waals surface area contributed by atoms with Gasteiger partial charge in [0.15, 0.2) is 23.9 Å². The van der Waals surface area contributed by atoms with Crippen LogP contribution in [0.2, 0.25) is 0 Å². The van der Waals surface area contributed by atoms with Gasteiger partial charge in [0, 0.05) is 5.56 Å². The van der Waals surface area contributed by atoms with Crippen molar-refractivity contribution in [2.24, 2.45) is 0 Å². The third kappa shape index (κ3) is 6.98. The quantitative estimate of drug-likeness (QED) is 0.104. The summed E-state index contributed by atoms with van der Waals surface area (Å²) in [6, 6.07) is -0.777. The molecule has 0 aliphatic carbocycles. The summed E-state index contributed by atoms with van der Waals surface area (Å²) in [5, 5.41) is 49.9. The van der Waals surface area contributed by atoms with Gasteiger partial charge in [0.05, 0.1) is 25.5 Å². The first kappa shape index (κ1) is 33.6. The predicted octanol–water partition coefficient (Wildman–Crippen LogP) is -1.14. The molecule has 12 atom stereocenters. The van der Waals surface area contributed by atoms with E-state index in [0.717, 1.165) is 0 Å². The molecule has 238 valence electrons. The Morgan fingerprint density at radius 3 is 2.48 bits per heavy atom. The summed E-state index contributed by atoms with van der Waals surface area (Å²) in [6.07, 6.45) is -13.6. The van der Waals surface area contributed by atoms with Crippen molar-refractivity contribution in [3.05, 3.63) is 18.2 Å². The standard InChI is InChI=1S/C20H31FN4O14P2S/c1-25(2)11-9(36-16(12(11)27)7-4-34-18-10(7)23-6-24-19(18)22)5-35-41(33,42)39-40(31,32)38-20-15(30)13(28)14(29)17(37-20)8(21)3-26/h4,6,8-9,11-17,20,26-30H,3,5H2,1-2H3,(H,31,32)(H,33,42)(H2,22,23,24)/t8-,9+,11+,12+,13?,14?,15?,16-,17?,20?,41?/m0/s1. The number of ether oxygens (including phenoxy) is 2. The summed E-state index contributed by atoms with van der Waals surface area (Å²) in [6.45, 7) is -6.52. The van der Waals surface area contributed by atoms with E-state index in [2.05, 4.69) is 31.1 Å². The van der Waals surface area contributed by atoms with Crippen molar-refractivity contribution in [3.8, 4) is 0 Å². The molecule has 2 aliphatic rings. The molecule has 2 aromatic heterocycles. The molecule has 2 fully saturated rings. The minimum atomic E-state index is -5.49. The minimum absolute atomic E-state index is 0.0665. The molecule has 2 saturated heterocycles. The number of aliphatic hydroxyl groups excluding tert-OH is 5. The van der Waals surface area contributed by atoms with Crippen molar-refractivity contribution >= 4 is 43.8 Å². The first-order valence-electron chi connectivity index (χ1n) is 12.2. The Labute approximate surface area is 242 Å². The highest BCUT2D eigenvalue weighted by molar-refractivity contribution is 8.45. The molecule has 0 bridgehead atoms. The number of nitrogens with two attached hydrogens (primary N) is 1. The number of phosphoric ester groups is 1. The molecule has 22 heteroatoms. The molecule has 42 heavy (non-hydrogen) atoms. The molecule has 0 aromatic carbocycles. The van der Waals surface area contributed by atoms with Crippen molar-refractivity contribution in [2.75, 3.05) is 33.0 Å². The molecular formula is C20H31FN4O14P2S. The van der Waals surface area contributed by atoms with Crippen molar-refractivity contribution in [1.82, 2.24) is 14.9 Å². The van der Waals surface area contributed by atoms with Crippen LogP contribution in [0.3, 0.4) is 0 Å². The number of anilines is 1. The maximum absolute atomic E-state index is 13.9. The van der Waals surface area contributed by atoms with Gasteiger partial charge in [-0.2, -0.15) is 4.31 Å². The second-order valence-electron chi connectivity index (χ2n) is 9.73. The van der Waals surface area contributed by atoms with E-state index in [0.29, 0.717) is 5.56 Å². The Kier molecular flexibility index (Phi) is 10.4. The number of aliphatic hydroxyl groups is 5.